The van der Waals surface area contributed by atoms with E-state index in [-0.39, 0.29) is 12.3 Å². The number of amides is 2. The minimum absolute atomic E-state index is 0.0839. The number of hydrogen-bond acceptors (Lipinski definition) is 7. The first kappa shape index (κ1) is 20.3. The van der Waals surface area contributed by atoms with E-state index in [2.05, 4.69) is 15.6 Å². The second-order valence-corrected chi connectivity index (χ2v) is 7.09. The molecular weight excluding hydrogens is 394 g/mol. The lowest BCUT2D eigenvalue weighted by atomic mass is 10.2. The Kier molecular flexibility index (Phi) is 6.40. The lowest BCUT2D eigenvalue weighted by molar-refractivity contribution is -0.146. The van der Waals surface area contributed by atoms with Crippen LogP contribution in [-0.4, -0.2) is 29.4 Å². The van der Waals surface area contributed by atoms with Crippen LogP contribution in [0.25, 0.3) is 10.8 Å². The number of nitrogens with zero attached hydrogens (tertiary/aromatic N) is 1. The maximum atomic E-state index is 12.0. The zero-order valence-electron chi connectivity index (χ0n) is 15.9. The molecule has 0 saturated carbocycles. The van der Waals surface area contributed by atoms with Crippen molar-refractivity contribution in [3.05, 3.63) is 53.2 Å². The number of carbonyl (C=O) groups excluding carboxylic acids is 3. The quantitative estimate of drug-likeness (QED) is 0.575. The standard InChI is InChI=1S/C20H19N3O5S/c1-12-16(23-20(28-12)17-4-3-9-29-17)10-19(26)27-11-18(25)22-15-7-5-14(6-8-15)21-13(2)24/h3-9H,10-11H2,1-2H3,(H,21,24)(H,22,25). The number of aryl methyl sites for hydroxylation is 1. The van der Waals surface area contributed by atoms with Crippen molar-refractivity contribution >= 4 is 40.5 Å². The summed E-state index contributed by atoms with van der Waals surface area (Å²) in [6.07, 6.45) is -0.0839. The minimum atomic E-state index is -0.574. The molecule has 2 N–H and O–H groups in total. The molecule has 0 aliphatic rings. The number of aromatic nitrogens is 1. The summed E-state index contributed by atoms with van der Waals surface area (Å²) in [7, 11) is 0. The molecule has 29 heavy (non-hydrogen) atoms. The highest BCUT2D eigenvalue weighted by Gasteiger charge is 2.17. The minimum Gasteiger partial charge on any atom is -0.455 e. The van der Waals surface area contributed by atoms with Gasteiger partial charge < -0.3 is 19.8 Å². The molecule has 0 fully saturated rings. The third-order valence-electron chi connectivity index (χ3n) is 3.79. The van der Waals surface area contributed by atoms with Crippen molar-refractivity contribution in [1.82, 2.24) is 4.98 Å². The summed E-state index contributed by atoms with van der Waals surface area (Å²) in [5.41, 5.74) is 1.62. The molecule has 0 radical (unpaired) electrons. The summed E-state index contributed by atoms with van der Waals surface area (Å²) in [6, 6.07) is 10.3. The molecule has 2 heterocycles. The van der Waals surface area contributed by atoms with Gasteiger partial charge in [0.2, 0.25) is 11.8 Å². The number of hydrogen-bond donors (Lipinski definition) is 2. The van der Waals surface area contributed by atoms with E-state index in [4.69, 9.17) is 9.15 Å². The second-order valence-electron chi connectivity index (χ2n) is 6.14. The van der Waals surface area contributed by atoms with E-state index in [1.807, 2.05) is 17.5 Å². The Morgan fingerprint density at radius 1 is 1.10 bits per heavy atom. The van der Waals surface area contributed by atoms with Crippen LogP contribution in [0.1, 0.15) is 18.4 Å². The van der Waals surface area contributed by atoms with E-state index in [1.165, 1.54) is 18.3 Å². The highest BCUT2D eigenvalue weighted by molar-refractivity contribution is 7.13. The molecular formula is C20H19N3O5S. The Labute approximate surface area is 170 Å². The maximum Gasteiger partial charge on any atom is 0.312 e. The number of oxazole rings is 1. The molecule has 3 rings (SSSR count). The van der Waals surface area contributed by atoms with Crippen LogP contribution in [0.15, 0.2) is 46.2 Å². The number of esters is 1. The van der Waals surface area contributed by atoms with Gasteiger partial charge in [-0.3, -0.25) is 14.4 Å². The Bertz CT molecular complexity index is 1010. The molecule has 1 aromatic carbocycles. The van der Waals surface area contributed by atoms with E-state index in [1.54, 1.807) is 31.2 Å². The summed E-state index contributed by atoms with van der Waals surface area (Å²) in [5, 5.41) is 7.16. The molecule has 2 amide bonds. The normalized spacial score (nSPS) is 10.4. The number of thiophene rings is 1. The second kappa shape index (κ2) is 9.16. The summed E-state index contributed by atoms with van der Waals surface area (Å²) in [6.45, 7) is 2.72. The average Bonchev–Trinajstić information content (AvgIpc) is 3.32. The van der Waals surface area contributed by atoms with E-state index in [0.717, 1.165) is 4.88 Å². The average molecular weight is 413 g/mol. The van der Waals surface area contributed by atoms with Gasteiger partial charge in [0, 0.05) is 18.3 Å². The lowest BCUT2D eigenvalue weighted by Gasteiger charge is -2.07. The van der Waals surface area contributed by atoms with Crippen molar-refractivity contribution in [3.63, 3.8) is 0 Å². The van der Waals surface area contributed by atoms with E-state index < -0.39 is 18.5 Å². The molecule has 0 aliphatic heterocycles. The van der Waals surface area contributed by atoms with E-state index in [0.29, 0.717) is 28.7 Å². The Hall–Kier alpha value is -3.46. The van der Waals surface area contributed by atoms with Crippen LogP contribution in [0, 0.1) is 6.92 Å². The Morgan fingerprint density at radius 3 is 2.41 bits per heavy atom. The van der Waals surface area contributed by atoms with Crippen molar-refractivity contribution in [1.29, 1.82) is 0 Å². The fourth-order valence-electron chi connectivity index (χ4n) is 2.47. The SMILES string of the molecule is CC(=O)Nc1ccc(NC(=O)COC(=O)Cc2nc(-c3cccs3)oc2C)cc1. The van der Waals surface area contributed by atoms with Crippen LogP contribution in [0.3, 0.4) is 0 Å². The molecule has 0 spiro atoms. The summed E-state index contributed by atoms with van der Waals surface area (Å²) >= 11 is 1.49. The molecule has 0 bridgehead atoms. The van der Waals surface area contributed by atoms with Gasteiger partial charge in [-0.2, -0.15) is 0 Å². The van der Waals surface area contributed by atoms with Gasteiger partial charge in [-0.15, -0.1) is 11.3 Å². The summed E-state index contributed by atoms with van der Waals surface area (Å²) in [4.78, 5) is 40.2. The van der Waals surface area contributed by atoms with Gasteiger partial charge in [0.25, 0.3) is 5.91 Å². The first-order valence-corrected chi connectivity index (χ1v) is 9.62. The molecule has 2 aromatic heterocycles. The van der Waals surface area contributed by atoms with E-state index in [9.17, 15) is 14.4 Å². The third-order valence-corrected chi connectivity index (χ3v) is 4.65. The highest BCUT2D eigenvalue weighted by atomic mass is 32.1. The van der Waals surface area contributed by atoms with Crippen molar-refractivity contribution in [3.8, 4) is 10.8 Å². The van der Waals surface area contributed by atoms with Gasteiger partial charge in [-0.05, 0) is 42.6 Å². The number of benzene rings is 1. The van der Waals surface area contributed by atoms with Crippen molar-refractivity contribution in [2.75, 3.05) is 17.2 Å². The van der Waals surface area contributed by atoms with Crippen LogP contribution in [-0.2, 0) is 25.5 Å². The number of carbonyl (C=O) groups is 3. The van der Waals surface area contributed by atoms with Crippen LogP contribution in [0.5, 0.6) is 0 Å². The van der Waals surface area contributed by atoms with Gasteiger partial charge in [0.15, 0.2) is 6.61 Å². The fourth-order valence-corrected chi connectivity index (χ4v) is 3.12. The predicted molar refractivity (Wildman–Crippen MR) is 109 cm³/mol. The van der Waals surface area contributed by atoms with Gasteiger partial charge >= 0.3 is 5.97 Å². The maximum absolute atomic E-state index is 12.0. The first-order valence-electron chi connectivity index (χ1n) is 8.74. The van der Waals surface area contributed by atoms with Gasteiger partial charge in [-0.25, -0.2) is 4.98 Å². The monoisotopic (exact) mass is 413 g/mol. The zero-order valence-corrected chi connectivity index (χ0v) is 16.7. The predicted octanol–water partition coefficient (Wildman–Crippen LogP) is 3.39. The zero-order chi connectivity index (χ0) is 20.8. The van der Waals surface area contributed by atoms with Crippen molar-refractivity contribution in [2.24, 2.45) is 0 Å². The topological polar surface area (TPSA) is 111 Å². The smallest absolute Gasteiger partial charge is 0.312 e. The molecule has 9 heteroatoms. The molecule has 150 valence electrons. The first-order chi connectivity index (χ1) is 13.9. The Balaban J connectivity index is 1.48. The molecule has 0 unspecified atom stereocenters. The van der Waals surface area contributed by atoms with Gasteiger partial charge in [0.05, 0.1) is 17.0 Å². The van der Waals surface area contributed by atoms with E-state index >= 15 is 0 Å². The summed E-state index contributed by atoms with van der Waals surface area (Å²) < 4.78 is 10.6. The molecule has 3 aromatic rings. The molecule has 8 nitrogen and oxygen atoms in total. The number of rotatable bonds is 7. The van der Waals surface area contributed by atoms with Crippen molar-refractivity contribution < 1.29 is 23.5 Å². The van der Waals surface area contributed by atoms with Crippen LogP contribution in [0.4, 0.5) is 11.4 Å². The fraction of sp³-hybridized carbons (Fsp3) is 0.200. The Morgan fingerprint density at radius 2 is 1.79 bits per heavy atom. The third kappa shape index (κ3) is 5.76. The van der Waals surface area contributed by atoms with Gasteiger partial charge in [0.1, 0.15) is 5.76 Å². The van der Waals surface area contributed by atoms with Crippen molar-refractivity contribution in [2.45, 2.75) is 20.3 Å². The number of ether oxygens (including phenoxy) is 1. The van der Waals surface area contributed by atoms with Gasteiger partial charge in [-0.1, -0.05) is 6.07 Å². The molecule has 0 aliphatic carbocycles. The van der Waals surface area contributed by atoms with Crippen LogP contribution >= 0.6 is 11.3 Å². The molecule has 0 saturated heterocycles. The number of anilines is 2. The molecule has 0 atom stereocenters. The lowest BCUT2D eigenvalue weighted by Crippen LogP contribution is -2.21. The summed E-state index contributed by atoms with van der Waals surface area (Å²) in [5.74, 6) is -0.231. The van der Waals surface area contributed by atoms with Crippen LogP contribution in [0.2, 0.25) is 0 Å². The largest absolute Gasteiger partial charge is 0.455 e. The van der Waals surface area contributed by atoms with Crippen LogP contribution < -0.4 is 10.6 Å². The highest BCUT2D eigenvalue weighted by Crippen LogP contribution is 2.26. The number of nitrogens with one attached hydrogen (secondary N) is 2.